The molecule has 5 rings (SSSR count). The number of piperidine rings is 1. The molecule has 0 saturated carbocycles. The third kappa shape index (κ3) is 4.27. The van der Waals surface area contributed by atoms with Gasteiger partial charge in [0.25, 0.3) is 0 Å². The van der Waals surface area contributed by atoms with Gasteiger partial charge in [-0.25, -0.2) is 0 Å². The molecule has 32 heavy (non-hydrogen) atoms. The van der Waals surface area contributed by atoms with Crippen LogP contribution in [0.15, 0.2) is 88.7 Å². The summed E-state index contributed by atoms with van der Waals surface area (Å²) in [6.45, 7) is 2.10. The van der Waals surface area contributed by atoms with Gasteiger partial charge in [-0.1, -0.05) is 66.4 Å². The van der Waals surface area contributed by atoms with Crippen molar-refractivity contribution in [3.63, 3.8) is 0 Å². The second-order valence-electron chi connectivity index (χ2n) is 8.51. The molecule has 1 saturated heterocycles. The zero-order valence-electron chi connectivity index (χ0n) is 18.1. The van der Waals surface area contributed by atoms with E-state index in [1.54, 1.807) is 11.8 Å². The van der Waals surface area contributed by atoms with Crippen molar-refractivity contribution in [3.05, 3.63) is 84.4 Å². The van der Waals surface area contributed by atoms with E-state index >= 15 is 0 Å². The Bertz CT molecular complexity index is 1030. The fourth-order valence-corrected chi connectivity index (χ4v) is 5.87. The summed E-state index contributed by atoms with van der Waals surface area (Å²) < 4.78 is 0. The summed E-state index contributed by atoms with van der Waals surface area (Å²) in [6, 6.07) is 26.7. The van der Waals surface area contributed by atoms with Crippen LogP contribution in [0.25, 0.3) is 0 Å². The Hall–Kier alpha value is -2.76. The number of aliphatic hydroxyl groups excluding tert-OH is 1. The van der Waals surface area contributed by atoms with Gasteiger partial charge < -0.3 is 14.9 Å². The Labute approximate surface area is 193 Å². The van der Waals surface area contributed by atoms with Crippen molar-refractivity contribution < 1.29 is 9.90 Å². The van der Waals surface area contributed by atoms with Crippen LogP contribution in [0, 0.1) is 5.92 Å². The zero-order chi connectivity index (χ0) is 21.9. The summed E-state index contributed by atoms with van der Waals surface area (Å²) in [5.74, 6) is 0.408. The Morgan fingerprint density at radius 1 is 0.875 bits per heavy atom. The van der Waals surface area contributed by atoms with E-state index in [1.165, 1.54) is 21.2 Å². The predicted octanol–water partition coefficient (Wildman–Crippen LogP) is 5.65. The lowest BCUT2D eigenvalue weighted by Gasteiger charge is -2.36. The van der Waals surface area contributed by atoms with Crippen molar-refractivity contribution in [2.45, 2.75) is 35.2 Å². The molecule has 1 amide bonds. The van der Waals surface area contributed by atoms with Crippen LogP contribution in [0.3, 0.4) is 0 Å². The zero-order valence-corrected chi connectivity index (χ0v) is 18.9. The summed E-state index contributed by atoms with van der Waals surface area (Å²) in [4.78, 5) is 19.8. The first-order chi connectivity index (χ1) is 15.7. The van der Waals surface area contributed by atoms with Crippen molar-refractivity contribution in [2.75, 3.05) is 24.5 Å². The number of carbonyl (C=O) groups is 1. The minimum Gasteiger partial charge on any atom is -0.388 e. The van der Waals surface area contributed by atoms with Gasteiger partial charge >= 0.3 is 0 Å². The number of anilines is 2. The summed E-state index contributed by atoms with van der Waals surface area (Å²) in [7, 11) is 0. The van der Waals surface area contributed by atoms with Gasteiger partial charge in [-0.3, -0.25) is 4.79 Å². The summed E-state index contributed by atoms with van der Waals surface area (Å²) >= 11 is 1.79. The number of fused-ring (bicyclic) bond motifs is 2. The molecule has 0 aromatic heterocycles. The van der Waals surface area contributed by atoms with Gasteiger partial charge in [-0.15, -0.1) is 0 Å². The maximum atomic E-state index is 13.0. The molecule has 1 atom stereocenters. The minimum absolute atomic E-state index is 0.200. The van der Waals surface area contributed by atoms with Crippen LogP contribution < -0.4 is 4.90 Å². The van der Waals surface area contributed by atoms with Gasteiger partial charge in [0, 0.05) is 35.8 Å². The lowest BCUT2D eigenvalue weighted by molar-refractivity contribution is -0.133. The highest BCUT2D eigenvalue weighted by Gasteiger charge is 2.29. The minimum atomic E-state index is -0.452. The van der Waals surface area contributed by atoms with E-state index in [1.807, 2.05) is 35.2 Å². The molecular formula is C27H28N2O2S. The number of rotatable bonds is 5. The molecule has 0 aliphatic carbocycles. The molecule has 3 aromatic carbocycles. The van der Waals surface area contributed by atoms with Crippen LogP contribution in [-0.2, 0) is 4.79 Å². The number of para-hydroxylation sites is 2. The van der Waals surface area contributed by atoms with Gasteiger partial charge in [-0.05, 0) is 48.6 Å². The first-order valence-electron chi connectivity index (χ1n) is 11.3. The van der Waals surface area contributed by atoms with E-state index < -0.39 is 6.10 Å². The van der Waals surface area contributed by atoms with Crippen molar-refractivity contribution in [1.29, 1.82) is 0 Å². The molecule has 2 aliphatic heterocycles. The van der Waals surface area contributed by atoms with E-state index in [-0.39, 0.29) is 11.8 Å². The monoisotopic (exact) mass is 444 g/mol. The maximum Gasteiger partial charge on any atom is 0.224 e. The number of hydrogen-bond acceptors (Lipinski definition) is 4. The fourth-order valence-electron chi connectivity index (χ4n) is 4.77. The van der Waals surface area contributed by atoms with Crippen molar-refractivity contribution >= 4 is 29.0 Å². The maximum absolute atomic E-state index is 13.0. The van der Waals surface area contributed by atoms with Gasteiger partial charge in [-0.2, -0.15) is 0 Å². The van der Waals surface area contributed by atoms with Crippen LogP contribution >= 0.6 is 11.8 Å². The SMILES string of the molecule is O=C(CCN1c2ccccc2Sc2ccccc21)N1CCC(C(O)c2ccccc2)CC1. The average molecular weight is 445 g/mol. The first-order valence-corrected chi connectivity index (χ1v) is 12.2. The summed E-state index contributed by atoms with van der Waals surface area (Å²) in [5.41, 5.74) is 3.32. The fraction of sp³-hybridized carbons (Fsp3) is 0.296. The Balaban J connectivity index is 1.21. The molecule has 2 heterocycles. The number of carbonyl (C=O) groups excluding carboxylic acids is 1. The first kappa shape index (κ1) is 21.1. The van der Waals surface area contributed by atoms with Gasteiger partial charge in [0.2, 0.25) is 5.91 Å². The largest absolute Gasteiger partial charge is 0.388 e. The van der Waals surface area contributed by atoms with E-state index in [9.17, 15) is 9.90 Å². The van der Waals surface area contributed by atoms with E-state index in [4.69, 9.17) is 0 Å². The predicted molar refractivity (Wildman–Crippen MR) is 129 cm³/mol. The molecule has 4 nitrogen and oxygen atoms in total. The number of aliphatic hydroxyl groups is 1. The highest BCUT2D eigenvalue weighted by atomic mass is 32.2. The van der Waals surface area contributed by atoms with Crippen LogP contribution in [0.5, 0.6) is 0 Å². The number of likely N-dealkylation sites (tertiary alicyclic amines) is 1. The van der Waals surface area contributed by atoms with E-state index in [0.29, 0.717) is 13.0 Å². The molecule has 0 spiro atoms. The topological polar surface area (TPSA) is 43.8 Å². The Morgan fingerprint density at radius 2 is 1.44 bits per heavy atom. The third-order valence-electron chi connectivity index (χ3n) is 6.56. The van der Waals surface area contributed by atoms with Gasteiger partial charge in [0.05, 0.1) is 17.5 Å². The van der Waals surface area contributed by atoms with Crippen molar-refractivity contribution in [2.24, 2.45) is 5.92 Å². The molecule has 3 aromatic rings. The molecular weight excluding hydrogens is 416 g/mol. The van der Waals surface area contributed by atoms with Crippen LogP contribution in [-0.4, -0.2) is 35.5 Å². The highest BCUT2D eigenvalue weighted by molar-refractivity contribution is 7.99. The molecule has 1 unspecified atom stereocenters. The third-order valence-corrected chi connectivity index (χ3v) is 7.69. The Kier molecular flexibility index (Phi) is 6.19. The van der Waals surface area contributed by atoms with Gasteiger partial charge in [0.15, 0.2) is 0 Å². The molecule has 2 aliphatic rings. The standard InChI is InChI=1S/C27H28N2O2S/c30-26(28-17-14-21(15-18-28)27(31)20-8-2-1-3-9-20)16-19-29-22-10-4-6-12-24(22)32-25-13-7-5-11-23(25)29/h1-13,21,27,31H,14-19H2. The van der Waals surface area contributed by atoms with Crippen LogP contribution in [0.4, 0.5) is 11.4 Å². The second kappa shape index (κ2) is 9.39. The highest BCUT2D eigenvalue weighted by Crippen LogP contribution is 2.47. The van der Waals surface area contributed by atoms with Crippen molar-refractivity contribution in [1.82, 2.24) is 4.90 Å². The summed E-state index contributed by atoms with van der Waals surface area (Å²) in [5, 5.41) is 10.7. The number of benzene rings is 3. The van der Waals surface area contributed by atoms with Crippen molar-refractivity contribution in [3.8, 4) is 0 Å². The summed E-state index contributed by atoms with van der Waals surface area (Å²) in [6.07, 6.45) is 1.72. The second-order valence-corrected chi connectivity index (χ2v) is 9.60. The normalized spacial score (nSPS) is 16.9. The quantitative estimate of drug-likeness (QED) is 0.552. The molecule has 0 bridgehead atoms. The number of nitrogens with zero attached hydrogens (tertiary/aromatic N) is 2. The van der Waals surface area contributed by atoms with Crippen LogP contribution in [0.1, 0.15) is 30.9 Å². The Morgan fingerprint density at radius 3 is 2.06 bits per heavy atom. The average Bonchev–Trinajstić information content (AvgIpc) is 2.86. The van der Waals surface area contributed by atoms with E-state index in [0.717, 1.165) is 31.5 Å². The smallest absolute Gasteiger partial charge is 0.224 e. The van der Waals surface area contributed by atoms with E-state index in [2.05, 4.69) is 53.4 Å². The number of amides is 1. The molecule has 1 fully saturated rings. The van der Waals surface area contributed by atoms with Crippen LogP contribution in [0.2, 0.25) is 0 Å². The van der Waals surface area contributed by atoms with Gasteiger partial charge in [0.1, 0.15) is 0 Å². The molecule has 1 N–H and O–H groups in total. The lowest BCUT2D eigenvalue weighted by atomic mass is 9.87. The lowest BCUT2D eigenvalue weighted by Crippen LogP contribution is -2.41. The molecule has 5 heteroatoms. The molecule has 0 radical (unpaired) electrons. The molecule has 164 valence electrons. The number of hydrogen-bond donors (Lipinski definition) is 1.